The second-order valence-electron chi connectivity index (χ2n) is 7.58. The van der Waals surface area contributed by atoms with E-state index >= 15 is 0 Å². The van der Waals surface area contributed by atoms with Crippen LogP contribution in [0.2, 0.25) is 0 Å². The van der Waals surface area contributed by atoms with E-state index in [4.69, 9.17) is 9.47 Å². The van der Waals surface area contributed by atoms with E-state index in [1.54, 1.807) is 0 Å². The summed E-state index contributed by atoms with van der Waals surface area (Å²) < 4.78 is 12.3. The largest absolute Gasteiger partial charge is 0.352 e. The van der Waals surface area contributed by atoms with E-state index in [1.807, 2.05) is 11.8 Å². The fourth-order valence-corrected chi connectivity index (χ4v) is 5.72. The van der Waals surface area contributed by atoms with Crippen molar-refractivity contribution in [2.24, 2.45) is 17.8 Å². The minimum atomic E-state index is -0.0287. The van der Waals surface area contributed by atoms with Crippen LogP contribution in [0.3, 0.4) is 0 Å². The first-order valence-corrected chi connectivity index (χ1v) is 9.50. The van der Waals surface area contributed by atoms with Crippen molar-refractivity contribution in [1.82, 2.24) is 0 Å². The van der Waals surface area contributed by atoms with Gasteiger partial charge in [0.25, 0.3) is 0 Å². The van der Waals surface area contributed by atoms with Gasteiger partial charge in [0.1, 0.15) is 0 Å². The summed E-state index contributed by atoms with van der Waals surface area (Å²) in [6.07, 6.45) is 8.29. The van der Waals surface area contributed by atoms with Crippen LogP contribution in [0.25, 0.3) is 0 Å². The summed E-state index contributed by atoms with van der Waals surface area (Å²) in [6.45, 7) is 7.38. The van der Waals surface area contributed by atoms with Crippen molar-refractivity contribution < 1.29 is 9.47 Å². The van der Waals surface area contributed by atoms with E-state index in [1.165, 1.54) is 38.5 Å². The molecule has 0 amide bonds. The fourth-order valence-electron chi connectivity index (χ4n) is 5.06. The molecule has 20 heavy (non-hydrogen) atoms. The highest BCUT2D eigenvalue weighted by Gasteiger charge is 2.52. The minimum absolute atomic E-state index is 0.0287. The van der Waals surface area contributed by atoms with Gasteiger partial charge in [-0.3, -0.25) is 0 Å². The van der Waals surface area contributed by atoms with Gasteiger partial charge in [0.15, 0.2) is 6.29 Å². The lowest BCUT2D eigenvalue weighted by Gasteiger charge is -2.56. The molecule has 0 spiro atoms. The number of hydrogen-bond acceptors (Lipinski definition) is 3. The van der Waals surface area contributed by atoms with Crippen LogP contribution in [0.15, 0.2) is 0 Å². The average Bonchev–Trinajstić information content (AvgIpc) is 2.32. The van der Waals surface area contributed by atoms with E-state index in [9.17, 15) is 0 Å². The van der Waals surface area contributed by atoms with E-state index < -0.39 is 0 Å². The van der Waals surface area contributed by atoms with E-state index in [0.29, 0.717) is 5.25 Å². The summed E-state index contributed by atoms with van der Waals surface area (Å²) in [4.78, 5) is 0. The van der Waals surface area contributed by atoms with Gasteiger partial charge in [-0.15, -0.1) is 0 Å². The molecule has 0 saturated heterocycles. The fraction of sp³-hybridized carbons (Fsp3) is 1.00. The Morgan fingerprint density at radius 2 is 1.55 bits per heavy atom. The maximum Gasteiger partial charge on any atom is 0.155 e. The van der Waals surface area contributed by atoms with Crippen molar-refractivity contribution in [3.8, 4) is 0 Å². The summed E-state index contributed by atoms with van der Waals surface area (Å²) in [6, 6.07) is 0. The van der Waals surface area contributed by atoms with E-state index in [-0.39, 0.29) is 11.9 Å². The number of thioether (sulfide) groups is 1. The Hall–Kier alpha value is 0.270. The molecule has 2 nitrogen and oxygen atoms in total. The maximum atomic E-state index is 6.43. The number of rotatable bonds is 7. The van der Waals surface area contributed by atoms with Crippen molar-refractivity contribution in [2.45, 2.75) is 76.4 Å². The van der Waals surface area contributed by atoms with E-state index in [2.05, 4.69) is 20.8 Å². The van der Waals surface area contributed by atoms with Gasteiger partial charge >= 0.3 is 0 Å². The lowest BCUT2D eigenvalue weighted by molar-refractivity contribution is -0.248. The first-order valence-electron chi connectivity index (χ1n) is 8.46. The van der Waals surface area contributed by atoms with Gasteiger partial charge in [0.2, 0.25) is 0 Å². The molecule has 0 aromatic carbocycles. The Balaban J connectivity index is 1.45. The van der Waals surface area contributed by atoms with Crippen LogP contribution in [-0.2, 0) is 9.47 Å². The third-order valence-electron chi connectivity index (χ3n) is 5.29. The maximum absolute atomic E-state index is 6.43. The Morgan fingerprint density at radius 1 is 1.00 bits per heavy atom. The molecular weight excluding hydrogens is 268 g/mol. The molecule has 1 atom stereocenters. The molecule has 3 heteroatoms. The zero-order chi connectivity index (χ0) is 14.2. The highest BCUT2D eigenvalue weighted by molar-refractivity contribution is 7.99. The van der Waals surface area contributed by atoms with Crippen molar-refractivity contribution in [3.63, 3.8) is 0 Å². The van der Waals surface area contributed by atoms with Crippen LogP contribution in [0.5, 0.6) is 0 Å². The molecule has 0 heterocycles. The topological polar surface area (TPSA) is 18.5 Å². The van der Waals surface area contributed by atoms with Crippen molar-refractivity contribution in [3.05, 3.63) is 0 Å². The zero-order valence-corrected chi connectivity index (χ0v) is 14.1. The molecule has 4 bridgehead atoms. The van der Waals surface area contributed by atoms with Gasteiger partial charge < -0.3 is 9.47 Å². The number of hydrogen-bond donors (Lipinski definition) is 0. The van der Waals surface area contributed by atoms with Gasteiger partial charge in [0, 0.05) is 5.75 Å². The van der Waals surface area contributed by atoms with Gasteiger partial charge in [0.05, 0.1) is 12.2 Å². The van der Waals surface area contributed by atoms with Gasteiger partial charge in [-0.2, -0.15) is 11.8 Å². The van der Waals surface area contributed by atoms with Gasteiger partial charge in [-0.25, -0.2) is 0 Å². The van der Waals surface area contributed by atoms with E-state index in [0.717, 1.165) is 30.1 Å². The van der Waals surface area contributed by atoms with Crippen LogP contribution >= 0.6 is 11.8 Å². The zero-order valence-electron chi connectivity index (χ0n) is 13.3. The summed E-state index contributed by atoms with van der Waals surface area (Å²) in [5.41, 5.74) is 0.180. The summed E-state index contributed by atoms with van der Waals surface area (Å²) in [5.74, 6) is 3.92. The Bertz CT molecular complexity index is 294. The first kappa shape index (κ1) is 15.2. The van der Waals surface area contributed by atoms with Crippen LogP contribution < -0.4 is 0 Å². The smallest absolute Gasteiger partial charge is 0.155 e. The predicted octanol–water partition coefficient (Wildman–Crippen LogP) is 4.48. The van der Waals surface area contributed by atoms with Crippen LogP contribution in [0, 0.1) is 17.8 Å². The molecule has 0 N–H and O–H groups in total. The average molecular weight is 298 g/mol. The SMILES string of the molecule is CC(OCCSC(C)C)OC12CC3CC(CC(C3)C1)C2. The highest BCUT2D eigenvalue weighted by atomic mass is 32.2. The minimum Gasteiger partial charge on any atom is -0.352 e. The monoisotopic (exact) mass is 298 g/mol. The summed E-state index contributed by atoms with van der Waals surface area (Å²) in [7, 11) is 0. The molecule has 4 fully saturated rings. The van der Waals surface area contributed by atoms with Crippen molar-refractivity contribution >= 4 is 11.8 Å². The van der Waals surface area contributed by atoms with Crippen LogP contribution in [0.1, 0.15) is 59.3 Å². The molecule has 0 aliphatic heterocycles. The molecule has 116 valence electrons. The summed E-state index contributed by atoms with van der Waals surface area (Å²) in [5, 5.41) is 0.693. The molecular formula is C17H30O2S. The predicted molar refractivity (Wildman–Crippen MR) is 85.0 cm³/mol. The molecule has 4 saturated carbocycles. The third kappa shape index (κ3) is 3.53. The standard InChI is InChI=1S/C17H30O2S/c1-12(2)20-5-4-18-13(3)19-17-9-14-6-15(10-17)8-16(7-14)11-17/h12-16H,4-11H2,1-3H3. The Kier molecular flexibility index (Phi) is 4.69. The molecule has 0 radical (unpaired) electrons. The summed E-state index contributed by atoms with van der Waals surface area (Å²) >= 11 is 1.96. The molecule has 0 aromatic rings. The first-order chi connectivity index (χ1) is 9.55. The van der Waals surface area contributed by atoms with Crippen LogP contribution in [0.4, 0.5) is 0 Å². The second kappa shape index (κ2) is 6.18. The third-order valence-corrected chi connectivity index (χ3v) is 6.35. The quantitative estimate of drug-likeness (QED) is 0.510. The van der Waals surface area contributed by atoms with Crippen molar-refractivity contribution in [1.29, 1.82) is 0 Å². The lowest BCUT2D eigenvalue weighted by Crippen LogP contribution is -2.53. The Labute approximate surface area is 128 Å². The molecule has 4 aliphatic rings. The Morgan fingerprint density at radius 3 is 2.05 bits per heavy atom. The lowest BCUT2D eigenvalue weighted by atomic mass is 9.54. The normalized spacial score (nSPS) is 40.5. The van der Waals surface area contributed by atoms with Gasteiger partial charge in [-0.05, 0) is 68.5 Å². The molecule has 0 aromatic heterocycles. The molecule has 1 unspecified atom stereocenters. The van der Waals surface area contributed by atoms with Gasteiger partial charge in [-0.1, -0.05) is 13.8 Å². The van der Waals surface area contributed by atoms with Crippen molar-refractivity contribution in [2.75, 3.05) is 12.4 Å². The second-order valence-corrected chi connectivity index (χ2v) is 9.26. The molecule has 4 aliphatic carbocycles. The molecule has 4 rings (SSSR count). The van der Waals surface area contributed by atoms with Crippen LogP contribution in [-0.4, -0.2) is 29.5 Å². The highest BCUT2D eigenvalue weighted by Crippen LogP contribution is 2.57. The number of ether oxygens (including phenoxy) is 2.